The summed E-state index contributed by atoms with van der Waals surface area (Å²) in [7, 11) is 0. The molecular weight excluding hydrogens is 470 g/mol. The summed E-state index contributed by atoms with van der Waals surface area (Å²) < 4.78 is -0.259. The summed E-state index contributed by atoms with van der Waals surface area (Å²) in [6.07, 6.45) is 4.06. The molecule has 0 bridgehead atoms. The Morgan fingerprint density at radius 2 is 1.97 bits per heavy atom. The molecule has 8 nitrogen and oxygen atoms in total. The van der Waals surface area contributed by atoms with E-state index in [9.17, 15) is 10.1 Å². The van der Waals surface area contributed by atoms with Gasteiger partial charge in [-0.15, -0.1) is 11.8 Å². The number of thioether (sulfide) groups is 1. The molecular formula is C24H28ClN7OS. The molecule has 0 spiro atoms. The first-order chi connectivity index (χ1) is 16.1. The van der Waals surface area contributed by atoms with E-state index in [1.807, 2.05) is 9.80 Å². The number of fused-ring (bicyclic) bond motifs is 1. The minimum atomic E-state index is -0.259. The number of nitrogens with zero attached hydrogens (tertiary/aromatic N) is 7. The number of halogens is 1. The molecule has 34 heavy (non-hydrogen) atoms. The van der Waals surface area contributed by atoms with Crippen LogP contribution >= 0.6 is 23.4 Å². The Kier molecular flexibility index (Phi) is 5.64. The lowest BCUT2D eigenvalue weighted by Gasteiger charge is -2.46. The van der Waals surface area contributed by atoms with Gasteiger partial charge in [0.2, 0.25) is 5.91 Å². The Hall–Kier alpha value is -2.57. The van der Waals surface area contributed by atoms with Crippen molar-refractivity contribution in [3.8, 4) is 6.07 Å². The van der Waals surface area contributed by atoms with Crippen LogP contribution in [0.3, 0.4) is 0 Å². The zero-order chi connectivity index (χ0) is 24.3. The Balaban J connectivity index is 1.44. The maximum atomic E-state index is 13.1. The minimum absolute atomic E-state index is 0.101. The van der Waals surface area contributed by atoms with Crippen molar-refractivity contribution in [1.29, 1.82) is 5.26 Å². The summed E-state index contributed by atoms with van der Waals surface area (Å²) in [5.74, 6) is 3.72. The molecule has 3 aliphatic rings. The van der Waals surface area contributed by atoms with Crippen molar-refractivity contribution in [2.45, 2.75) is 50.3 Å². The van der Waals surface area contributed by atoms with Gasteiger partial charge in [0.15, 0.2) is 0 Å². The Morgan fingerprint density at radius 3 is 2.59 bits per heavy atom. The molecule has 2 atom stereocenters. The predicted molar refractivity (Wildman–Crippen MR) is 135 cm³/mol. The van der Waals surface area contributed by atoms with Crippen molar-refractivity contribution in [3.05, 3.63) is 34.7 Å². The third-order valence-corrected chi connectivity index (χ3v) is 8.91. The second-order valence-electron chi connectivity index (χ2n) is 10.1. The minimum Gasteiger partial charge on any atom is -0.352 e. The molecule has 0 aliphatic carbocycles. The second kappa shape index (κ2) is 8.28. The van der Waals surface area contributed by atoms with Gasteiger partial charge in [-0.05, 0) is 26.0 Å². The van der Waals surface area contributed by atoms with Crippen LogP contribution in [-0.2, 0) is 10.2 Å². The highest BCUT2D eigenvalue weighted by atomic mass is 35.5. The molecule has 1 amide bonds. The molecule has 2 unspecified atom stereocenters. The fourth-order valence-corrected chi connectivity index (χ4v) is 6.38. The highest BCUT2D eigenvalue weighted by molar-refractivity contribution is 8.02. The predicted octanol–water partition coefficient (Wildman–Crippen LogP) is 3.76. The zero-order valence-corrected chi connectivity index (χ0v) is 21.4. The highest BCUT2D eigenvalue weighted by Crippen LogP contribution is 2.47. The average molecular weight is 498 g/mol. The van der Waals surface area contributed by atoms with Gasteiger partial charge in [-0.1, -0.05) is 25.4 Å². The van der Waals surface area contributed by atoms with Crippen molar-refractivity contribution in [2.24, 2.45) is 0 Å². The van der Waals surface area contributed by atoms with Crippen molar-refractivity contribution in [3.63, 3.8) is 0 Å². The Labute approximate surface area is 209 Å². The van der Waals surface area contributed by atoms with Gasteiger partial charge in [0, 0.05) is 55.5 Å². The van der Waals surface area contributed by atoms with Crippen molar-refractivity contribution in [2.75, 3.05) is 41.7 Å². The van der Waals surface area contributed by atoms with Gasteiger partial charge in [0.1, 0.15) is 29.9 Å². The van der Waals surface area contributed by atoms with Crippen molar-refractivity contribution < 1.29 is 4.79 Å². The zero-order valence-electron chi connectivity index (χ0n) is 19.9. The molecule has 0 radical (unpaired) electrons. The number of rotatable bonds is 3. The molecule has 10 heteroatoms. The number of amides is 1. The van der Waals surface area contributed by atoms with Crippen LogP contribution < -0.4 is 9.80 Å². The fraction of sp³-hybridized carbons (Fsp3) is 0.542. The Morgan fingerprint density at radius 1 is 1.24 bits per heavy atom. The van der Waals surface area contributed by atoms with Crippen LogP contribution in [0.4, 0.5) is 17.5 Å². The molecule has 178 valence electrons. The summed E-state index contributed by atoms with van der Waals surface area (Å²) in [6, 6.07) is 3.88. The number of aromatic nitrogens is 3. The van der Waals surface area contributed by atoms with Crippen molar-refractivity contribution in [1.82, 2.24) is 19.9 Å². The standard InChI is InChI=1S/C24H28ClN7OS/c1-15-12-30(6-7-31(15)22(33)24(4)5-8-34-24)20-19-21(29-14-28-20)32(13-23(19,2)3)18-9-17(25)16(10-26)11-27-18/h9,11,14-15H,5-8,12-13H2,1-4H3. The van der Waals surface area contributed by atoms with E-state index in [1.165, 1.54) is 6.20 Å². The fourth-order valence-electron chi connectivity index (χ4n) is 5.14. The van der Waals surface area contributed by atoms with Crippen molar-refractivity contribution >= 4 is 46.7 Å². The number of carbonyl (C=O) groups is 1. The molecule has 0 aromatic carbocycles. The largest absolute Gasteiger partial charge is 0.352 e. The van der Waals surface area contributed by atoms with Gasteiger partial charge < -0.3 is 14.7 Å². The van der Waals surface area contributed by atoms with E-state index in [-0.39, 0.29) is 22.1 Å². The molecule has 2 saturated heterocycles. The molecule has 2 aromatic heterocycles. The normalized spacial score (nSPS) is 25.5. The first kappa shape index (κ1) is 23.2. The van der Waals surface area contributed by atoms with Crippen LogP contribution in [0.15, 0.2) is 18.6 Å². The first-order valence-corrected chi connectivity index (χ1v) is 12.9. The SMILES string of the molecule is CC1CN(c2ncnc3c2C(C)(C)CN3c2cc(Cl)c(C#N)cn2)CCN1C(=O)C1(C)CCS1. The first-order valence-electron chi connectivity index (χ1n) is 11.5. The van der Waals surface area contributed by atoms with E-state index >= 15 is 0 Å². The topological polar surface area (TPSA) is 89.2 Å². The molecule has 0 saturated carbocycles. The van der Waals surface area contributed by atoms with Crippen LogP contribution in [-0.4, -0.2) is 68.5 Å². The summed E-state index contributed by atoms with van der Waals surface area (Å²) in [5, 5.41) is 9.57. The van der Waals surface area contributed by atoms with Crippen LogP contribution in [0.25, 0.3) is 0 Å². The average Bonchev–Trinajstić information content (AvgIpc) is 3.08. The highest BCUT2D eigenvalue weighted by Gasteiger charge is 2.46. The number of hydrogen-bond acceptors (Lipinski definition) is 8. The summed E-state index contributed by atoms with van der Waals surface area (Å²) >= 11 is 8.06. The van der Waals surface area contributed by atoms with Gasteiger partial charge in [-0.25, -0.2) is 15.0 Å². The van der Waals surface area contributed by atoms with Gasteiger partial charge in [-0.3, -0.25) is 4.79 Å². The van der Waals surface area contributed by atoms with E-state index in [0.717, 1.165) is 42.5 Å². The lowest BCUT2D eigenvalue weighted by atomic mass is 9.87. The number of piperazine rings is 1. The van der Waals surface area contributed by atoms with E-state index in [1.54, 1.807) is 24.2 Å². The monoisotopic (exact) mass is 497 g/mol. The van der Waals surface area contributed by atoms with E-state index in [4.69, 9.17) is 16.6 Å². The molecule has 0 N–H and O–H groups in total. The van der Waals surface area contributed by atoms with Gasteiger partial charge in [0.05, 0.1) is 15.3 Å². The molecule has 2 fully saturated rings. The number of anilines is 3. The third kappa shape index (κ3) is 3.68. The molecule has 5 heterocycles. The molecule has 2 aromatic rings. The van der Waals surface area contributed by atoms with E-state index in [2.05, 4.69) is 48.6 Å². The van der Waals surface area contributed by atoms with Gasteiger partial charge >= 0.3 is 0 Å². The van der Waals surface area contributed by atoms with E-state index < -0.39 is 0 Å². The maximum absolute atomic E-state index is 13.1. The second-order valence-corrected chi connectivity index (χ2v) is 12.1. The number of carbonyl (C=O) groups excluding carboxylic acids is 1. The van der Waals surface area contributed by atoms with E-state index in [0.29, 0.717) is 29.5 Å². The lowest BCUT2D eigenvalue weighted by molar-refractivity contribution is -0.136. The Bertz CT molecular complexity index is 1190. The number of nitriles is 1. The smallest absolute Gasteiger partial charge is 0.238 e. The summed E-state index contributed by atoms with van der Waals surface area (Å²) in [5.41, 5.74) is 1.20. The number of pyridine rings is 1. The summed E-state index contributed by atoms with van der Waals surface area (Å²) in [6.45, 7) is 11.4. The quantitative estimate of drug-likeness (QED) is 0.633. The molecule has 5 rings (SSSR count). The molecule has 3 aliphatic heterocycles. The van der Waals surface area contributed by atoms with Gasteiger partial charge in [0.25, 0.3) is 0 Å². The van der Waals surface area contributed by atoms with Crippen LogP contribution in [0.5, 0.6) is 0 Å². The van der Waals surface area contributed by atoms with Gasteiger partial charge in [-0.2, -0.15) is 5.26 Å². The summed E-state index contributed by atoms with van der Waals surface area (Å²) in [4.78, 5) is 33.3. The third-order valence-electron chi connectivity index (χ3n) is 7.17. The lowest BCUT2D eigenvalue weighted by Crippen LogP contribution is -2.60. The number of hydrogen-bond donors (Lipinski definition) is 0. The van der Waals surface area contributed by atoms with Crippen LogP contribution in [0.2, 0.25) is 5.02 Å². The maximum Gasteiger partial charge on any atom is 0.238 e. The van der Waals surface area contributed by atoms with Crippen LogP contribution in [0, 0.1) is 11.3 Å². The van der Waals surface area contributed by atoms with Crippen LogP contribution in [0.1, 0.15) is 45.2 Å².